The summed E-state index contributed by atoms with van der Waals surface area (Å²) in [5, 5.41) is 6.54. The minimum Gasteiger partial charge on any atom is -0.495 e. The Balaban J connectivity index is 1.74. The highest BCUT2D eigenvalue weighted by molar-refractivity contribution is 6.31. The Bertz CT molecular complexity index is 910. The Morgan fingerprint density at radius 1 is 1.31 bits per heavy atom. The fraction of sp³-hybridized carbons (Fsp3) is 0.158. The van der Waals surface area contributed by atoms with Crippen molar-refractivity contribution in [1.29, 1.82) is 0 Å². The molecule has 0 aliphatic carbocycles. The van der Waals surface area contributed by atoms with Crippen LogP contribution in [0.25, 0.3) is 0 Å². The van der Waals surface area contributed by atoms with Crippen LogP contribution in [0.1, 0.15) is 21.7 Å². The van der Waals surface area contributed by atoms with Crippen LogP contribution in [-0.4, -0.2) is 18.0 Å². The minimum atomic E-state index is -0.270. The van der Waals surface area contributed by atoms with Gasteiger partial charge < -0.3 is 19.8 Å². The highest BCUT2D eigenvalue weighted by atomic mass is 35.5. The Labute approximate surface area is 156 Å². The van der Waals surface area contributed by atoms with E-state index < -0.39 is 0 Å². The second-order valence-corrected chi connectivity index (χ2v) is 6.03. The number of ether oxygens (including phenoxy) is 1. The van der Waals surface area contributed by atoms with Gasteiger partial charge >= 0.3 is 0 Å². The molecular formula is C19H18ClN3O3. The molecule has 0 aliphatic rings. The average Bonchev–Trinajstić information content (AvgIpc) is 3.16. The molecule has 0 spiro atoms. The predicted molar refractivity (Wildman–Crippen MR) is 101 cm³/mol. The van der Waals surface area contributed by atoms with Gasteiger partial charge in [0.2, 0.25) is 0 Å². The number of carbonyl (C=O) groups is 1. The second kappa shape index (κ2) is 7.93. The van der Waals surface area contributed by atoms with Crippen molar-refractivity contribution in [2.45, 2.75) is 13.5 Å². The number of furan rings is 1. The Morgan fingerprint density at radius 3 is 2.88 bits per heavy atom. The molecule has 3 rings (SSSR count). The highest BCUT2D eigenvalue weighted by Gasteiger charge is 2.13. The lowest BCUT2D eigenvalue weighted by Gasteiger charge is -2.12. The number of benzene rings is 1. The summed E-state index contributed by atoms with van der Waals surface area (Å²) in [6.45, 7) is 2.34. The van der Waals surface area contributed by atoms with Gasteiger partial charge in [-0.15, -0.1) is 0 Å². The number of methoxy groups -OCH3 is 1. The zero-order chi connectivity index (χ0) is 18.5. The standard InChI is InChI=1S/C19H18ClN3O3/c1-12-8-16(17(25-2)10-15(12)20)23-19(24)13-5-6-21-18(9-13)22-11-14-4-3-7-26-14/h3-10H,11H2,1-2H3,(H,21,22)(H,23,24). The maximum Gasteiger partial charge on any atom is 0.255 e. The third kappa shape index (κ3) is 4.15. The number of hydrogen-bond donors (Lipinski definition) is 2. The molecule has 0 radical (unpaired) electrons. The molecule has 0 fully saturated rings. The lowest BCUT2D eigenvalue weighted by atomic mass is 10.2. The molecule has 2 heterocycles. The van der Waals surface area contributed by atoms with Crippen LogP contribution in [0.5, 0.6) is 5.75 Å². The predicted octanol–water partition coefficient (Wildman–Crippen LogP) is 4.51. The zero-order valence-electron chi connectivity index (χ0n) is 14.4. The molecule has 0 atom stereocenters. The number of hydrogen-bond acceptors (Lipinski definition) is 5. The van der Waals surface area contributed by atoms with Crippen LogP contribution in [0.15, 0.2) is 53.3 Å². The first-order chi connectivity index (χ1) is 12.6. The molecule has 0 saturated heterocycles. The number of halogens is 1. The van der Waals surface area contributed by atoms with Gasteiger partial charge in [0, 0.05) is 22.8 Å². The third-order valence-corrected chi connectivity index (χ3v) is 4.18. The number of aromatic nitrogens is 1. The summed E-state index contributed by atoms with van der Waals surface area (Å²) in [5.74, 6) is 1.59. The number of anilines is 2. The van der Waals surface area contributed by atoms with Crippen molar-refractivity contribution in [3.05, 3.63) is 70.8 Å². The van der Waals surface area contributed by atoms with Crippen molar-refractivity contribution < 1.29 is 13.9 Å². The van der Waals surface area contributed by atoms with Crippen molar-refractivity contribution in [3.8, 4) is 5.75 Å². The lowest BCUT2D eigenvalue weighted by molar-refractivity contribution is 0.102. The van der Waals surface area contributed by atoms with Crippen LogP contribution in [-0.2, 0) is 6.54 Å². The zero-order valence-corrected chi connectivity index (χ0v) is 15.1. The Kier molecular flexibility index (Phi) is 5.43. The first-order valence-corrected chi connectivity index (χ1v) is 8.32. The fourth-order valence-electron chi connectivity index (χ4n) is 2.38. The van der Waals surface area contributed by atoms with Crippen molar-refractivity contribution in [2.24, 2.45) is 0 Å². The molecular weight excluding hydrogens is 354 g/mol. The van der Waals surface area contributed by atoms with Crippen LogP contribution in [0.2, 0.25) is 5.02 Å². The van der Waals surface area contributed by atoms with E-state index in [0.717, 1.165) is 11.3 Å². The topological polar surface area (TPSA) is 76.4 Å². The van der Waals surface area contributed by atoms with Gasteiger partial charge in [-0.2, -0.15) is 0 Å². The van der Waals surface area contributed by atoms with Gasteiger partial charge in [-0.3, -0.25) is 4.79 Å². The van der Waals surface area contributed by atoms with Crippen LogP contribution < -0.4 is 15.4 Å². The minimum absolute atomic E-state index is 0.270. The summed E-state index contributed by atoms with van der Waals surface area (Å²) < 4.78 is 10.6. The molecule has 3 aromatic rings. The van der Waals surface area contributed by atoms with E-state index >= 15 is 0 Å². The molecule has 2 N–H and O–H groups in total. The Morgan fingerprint density at radius 2 is 2.15 bits per heavy atom. The third-order valence-electron chi connectivity index (χ3n) is 3.77. The lowest BCUT2D eigenvalue weighted by Crippen LogP contribution is -2.13. The second-order valence-electron chi connectivity index (χ2n) is 5.62. The van der Waals surface area contributed by atoms with Gasteiger partial charge in [0.15, 0.2) is 0 Å². The van der Waals surface area contributed by atoms with Crippen LogP contribution in [0.4, 0.5) is 11.5 Å². The van der Waals surface area contributed by atoms with E-state index in [4.69, 9.17) is 20.8 Å². The molecule has 134 valence electrons. The van der Waals surface area contributed by atoms with Crippen LogP contribution in [0.3, 0.4) is 0 Å². The number of aryl methyl sites for hydroxylation is 1. The molecule has 0 aliphatic heterocycles. The number of carbonyl (C=O) groups excluding carboxylic acids is 1. The van der Waals surface area contributed by atoms with Crippen molar-refractivity contribution >= 4 is 29.0 Å². The normalized spacial score (nSPS) is 10.4. The SMILES string of the molecule is COc1cc(Cl)c(C)cc1NC(=O)c1ccnc(NCc2ccco2)c1. The van der Waals surface area contributed by atoms with E-state index in [1.54, 1.807) is 36.7 Å². The maximum absolute atomic E-state index is 12.6. The number of nitrogens with one attached hydrogen (secondary N) is 2. The monoisotopic (exact) mass is 371 g/mol. The molecule has 0 unspecified atom stereocenters. The Hall–Kier alpha value is -2.99. The summed E-state index contributed by atoms with van der Waals surface area (Å²) in [7, 11) is 1.53. The first kappa shape index (κ1) is 17.8. The number of pyridine rings is 1. The molecule has 0 bridgehead atoms. The maximum atomic E-state index is 12.6. The van der Waals surface area contributed by atoms with Gasteiger partial charge in [0.05, 0.1) is 25.6 Å². The quantitative estimate of drug-likeness (QED) is 0.666. The number of amides is 1. The summed E-state index contributed by atoms with van der Waals surface area (Å²) in [5.41, 5.74) is 1.87. The van der Waals surface area contributed by atoms with E-state index in [-0.39, 0.29) is 5.91 Å². The summed E-state index contributed by atoms with van der Waals surface area (Å²) in [4.78, 5) is 16.8. The van der Waals surface area contributed by atoms with Gasteiger partial charge in [-0.1, -0.05) is 11.6 Å². The number of rotatable bonds is 6. The van der Waals surface area contributed by atoms with Crippen molar-refractivity contribution in [2.75, 3.05) is 17.7 Å². The van der Waals surface area contributed by atoms with E-state index in [0.29, 0.717) is 34.4 Å². The van der Waals surface area contributed by atoms with E-state index in [9.17, 15) is 4.79 Å². The van der Waals surface area contributed by atoms with Gasteiger partial charge in [0.25, 0.3) is 5.91 Å². The smallest absolute Gasteiger partial charge is 0.255 e. The van der Waals surface area contributed by atoms with E-state index in [2.05, 4.69) is 15.6 Å². The van der Waals surface area contributed by atoms with E-state index in [1.807, 2.05) is 19.1 Å². The first-order valence-electron chi connectivity index (χ1n) is 7.94. The van der Waals surface area contributed by atoms with Gasteiger partial charge in [0.1, 0.15) is 17.3 Å². The molecule has 1 amide bonds. The number of nitrogens with zero attached hydrogens (tertiary/aromatic N) is 1. The molecule has 1 aromatic carbocycles. The van der Waals surface area contributed by atoms with Crippen molar-refractivity contribution in [3.63, 3.8) is 0 Å². The molecule has 0 saturated carbocycles. The highest BCUT2D eigenvalue weighted by Crippen LogP contribution is 2.31. The van der Waals surface area contributed by atoms with Crippen LogP contribution in [0, 0.1) is 6.92 Å². The molecule has 7 heteroatoms. The van der Waals surface area contributed by atoms with E-state index in [1.165, 1.54) is 7.11 Å². The van der Waals surface area contributed by atoms with Gasteiger partial charge in [-0.05, 0) is 42.8 Å². The average molecular weight is 372 g/mol. The van der Waals surface area contributed by atoms with Gasteiger partial charge in [-0.25, -0.2) is 4.98 Å². The fourth-order valence-corrected chi connectivity index (χ4v) is 2.54. The van der Waals surface area contributed by atoms with Crippen LogP contribution >= 0.6 is 11.6 Å². The molecule has 6 nitrogen and oxygen atoms in total. The van der Waals surface area contributed by atoms with Crippen molar-refractivity contribution in [1.82, 2.24) is 4.98 Å². The molecule has 2 aromatic heterocycles. The summed E-state index contributed by atoms with van der Waals surface area (Å²) >= 11 is 6.10. The molecule has 26 heavy (non-hydrogen) atoms. The largest absolute Gasteiger partial charge is 0.495 e. The summed E-state index contributed by atoms with van der Waals surface area (Å²) in [6, 6.07) is 10.4. The summed E-state index contributed by atoms with van der Waals surface area (Å²) in [6.07, 6.45) is 3.18.